The average Bonchev–Trinajstić information content (AvgIpc) is 3.00. The zero-order valence-corrected chi connectivity index (χ0v) is 15.3. The fourth-order valence-electron chi connectivity index (χ4n) is 2.52. The standard InChI is InChI=1S/C16H19N3OS.2ClH/c1-11-7-8-17-9-13(11)18-15(20)14-10-21-16(19-14)12-5-3-2-4-6-12;;/h2-6,10-11,13,17H,7-9H2,1H3,(H,18,20);2*1H. The number of hydrogen-bond donors (Lipinski definition) is 2. The van der Waals surface area contributed by atoms with Gasteiger partial charge in [-0.25, -0.2) is 4.98 Å². The molecule has 126 valence electrons. The van der Waals surface area contributed by atoms with Crippen molar-refractivity contribution in [3.63, 3.8) is 0 Å². The Bertz CT molecular complexity index is 621. The molecule has 2 N–H and O–H groups in total. The van der Waals surface area contributed by atoms with Gasteiger partial charge >= 0.3 is 0 Å². The first-order valence-corrected chi connectivity index (χ1v) is 8.14. The van der Waals surface area contributed by atoms with Crippen LogP contribution in [0.15, 0.2) is 35.7 Å². The predicted octanol–water partition coefficient (Wildman–Crippen LogP) is 3.38. The summed E-state index contributed by atoms with van der Waals surface area (Å²) >= 11 is 1.51. The summed E-state index contributed by atoms with van der Waals surface area (Å²) in [7, 11) is 0. The quantitative estimate of drug-likeness (QED) is 0.866. The van der Waals surface area contributed by atoms with E-state index in [1.54, 1.807) is 0 Å². The first kappa shape index (κ1) is 19.9. The van der Waals surface area contributed by atoms with E-state index < -0.39 is 0 Å². The highest BCUT2D eigenvalue weighted by Crippen LogP contribution is 2.23. The van der Waals surface area contributed by atoms with E-state index in [-0.39, 0.29) is 36.8 Å². The number of hydrogen-bond acceptors (Lipinski definition) is 4. The number of aromatic nitrogens is 1. The number of piperidine rings is 1. The van der Waals surface area contributed by atoms with E-state index >= 15 is 0 Å². The molecule has 1 amide bonds. The Hall–Kier alpha value is -1.14. The second-order valence-electron chi connectivity index (χ2n) is 5.45. The minimum absolute atomic E-state index is 0. The van der Waals surface area contributed by atoms with Gasteiger partial charge < -0.3 is 10.6 Å². The van der Waals surface area contributed by atoms with Crippen LogP contribution in [0.1, 0.15) is 23.8 Å². The summed E-state index contributed by atoms with van der Waals surface area (Å²) in [5.74, 6) is 0.427. The molecule has 2 heterocycles. The molecular weight excluding hydrogens is 353 g/mol. The fourth-order valence-corrected chi connectivity index (χ4v) is 3.32. The predicted molar refractivity (Wildman–Crippen MR) is 100.0 cm³/mol. The highest BCUT2D eigenvalue weighted by molar-refractivity contribution is 7.13. The summed E-state index contributed by atoms with van der Waals surface area (Å²) in [5, 5.41) is 9.13. The van der Waals surface area contributed by atoms with Crippen LogP contribution in [0.4, 0.5) is 0 Å². The third-order valence-electron chi connectivity index (χ3n) is 3.90. The van der Waals surface area contributed by atoms with Crippen LogP contribution in [0.5, 0.6) is 0 Å². The van der Waals surface area contributed by atoms with Gasteiger partial charge in [-0.3, -0.25) is 4.79 Å². The second-order valence-corrected chi connectivity index (χ2v) is 6.31. The molecule has 0 bridgehead atoms. The van der Waals surface area contributed by atoms with Crippen LogP contribution in [-0.2, 0) is 0 Å². The Kier molecular flexibility index (Phi) is 7.99. The molecule has 2 atom stereocenters. The number of nitrogens with zero attached hydrogens (tertiary/aromatic N) is 1. The van der Waals surface area contributed by atoms with E-state index in [2.05, 4.69) is 22.5 Å². The Labute approximate surface area is 152 Å². The highest BCUT2D eigenvalue weighted by Gasteiger charge is 2.24. The number of carbonyl (C=O) groups is 1. The van der Waals surface area contributed by atoms with Crippen LogP contribution in [0.3, 0.4) is 0 Å². The van der Waals surface area contributed by atoms with Crippen LogP contribution in [0.25, 0.3) is 10.6 Å². The van der Waals surface area contributed by atoms with Crippen LogP contribution in [0.2, 0.25) is 0 Å². The molecule has 0 radical (unpaired) electrons. The molecule has 0 aliphatic carbocycles. The zero-order valence-electron chi connectivity index (χ0n) is 12.8. The van der Waals surface area contributed by atoms with E-state index in [9.17, 15) is 4.79 Å². The summed E-state index contributed by atoms with van der Waals surface area (Å²) in [5.41, 5.74) is 1.56. The molecule has 4 nitrogen and oxygen atoms in total. The minimum Gasteiger partial charge on any atom is -0.346 e. The molecule has 7 heteroatoms. The van der Waals surface area contributed by atoms with Gasteiger partial charge in [0.05, 0.1) is 0 Å². The Morgan fingerprint density at radius 2 is 2.04 bits per heavy atom. The van der Waals surface area contributed by atoms with Crippen LogP contribution in [0, 0.1) is 5.92 Å². The van der Waals surface area contributed by atoms with Crippen molar-refractivity contribution in [1.29, 1.82) is 0 Å². The number of nitrogens with one attached hydrogen (secondary N) is 2. The summed E-state index contributed by atoms with van der Waals surface area (Å²) in [6.07, 6.45) is 1.09. The third-order valence-corrected chi connectivity index (χ3v) is 4.79. The minimum atomic E-state index is -0.0750. The van der Waals surface area contributed by atoms with Gasteiger partial charge in [-0.1, -0.05) is 37.3 Å². The molecule has 1 aliphatic rings. The van der Waals surface area contributed by atoms with Gasteiger partial charge in [-0.15, -0.1) is 36.2 Å². The molecule has 1 aliphatic heterocycles. The number of amides is 1. The lowest BCUT2D eigenvalue weighted by atomic mass is 9.95. The van der Waals surface area contributed by atoms with E-state index in [0.717, 1.165) is 30.1 Å². The van der Waals surface area contributed by atoms with Crippen LogP contribution >= 0.6 is 36.2 Å². The van der Waals surface area contributed by atoms with Crippen molar-refractivity contribution >= 4 is 42.1 Å². The van der Waals surface area contributed by atoms with Crippen molar-refractivity contribution in [3.05, 3.63) is 41.4 Å². The largest absolute Gasteiger partial charge is 0.346 e. The molecule has 2 unspecified atom stereocenters. The van der Waals surface area contributed by atoms with E-state index in [4.69, 9.17) is 0 Å². The van der Waals surface area contributed by atoms with E-state index in [0.29, 0.717) is 11.6 Å². The van der Waals surface area contributed by atoms with Gasteiger partial charge in [0.2, 0.25) is 0 Å². The smallest absolute Gasteiger partial charge is 0.271 e. The summed E-state index contributed by atoms with van der Waals surface area (Å²) < 4.78 is 0. The van der Waals surface area contributed by atoms with Crippen molar-refractivity contribution in [2.45, 2.75) is 19.4 Å². The average molecular weight is 374 g/mol. The van der Waals surface area contributed by atoms with Gasteiger partial charge in [0, 0.05) is 23.5 Å². The SMILES string of the molecule is CC1CCNCC1NC(=O)c1csc(-c2ccccc2)n1.Cl.Cl. The van der Waals surface area contributed by atoms with Crippen LogP contribution in [-0.4, -0.2) is 30.0 Å². The number of halogens is 2. The van der Waals surface area contributed by atoms with Crippen molar-refractivity contribution in [2.75, 3.05) is 13.1 Å². The molecule has 2 aromatic rings. The molecule has 23 heavy (non-hydrogen) atoms. The molecular formula is C16H21Cl2N3OS. The second kappa shape index (κ2) is 9.23. The number of benzene rings is 1. The Morgan fingerprint density at radius 1 is 1.30 bits per heavy atom. The third kappa shape index (κ3) is 4.91. The Morgan fingerprint density at radius 3 is 2.74 bits per heavy atom. The highest BCUT2D eigenvalue weighted by atomic mass is 35.5. The lowest BCUT2D eigenvalue weighted by Crippen LogP contribution is -2.50. The maximum Gasteiger partial charge on any atom is 0.271 e. The van der Waals surface area contributed by atoms with Crippen LogP contribution < -0.4 is 10.6 Å². The lowest BCUT2D eigenvalue weighted by molar-refractivity contribution is 0.0911. The van der Waals surface area contributed by atoms with Crippen molar-refractivity contribution < 1.29 is 4.79 Å². The van der Waals surface area contributed by atoms with E-state index in [1.807, 2.05) is 35.7 Å². The molecule has 1 aromatic carbocycles. The first-order chi connectivity index (χ1) is 10.2. The number of carbonyl (C=O) groups excluding carboxylic acids is 1. The zero-order chi connectivity index (χ0) is 14.7. The topological polar surface area (TPSA) is 54.0 Å². The molecule has 1 aromatic heterocycles. The van der Waals surface area contributed by atoms with Crippen molar-refractivity contribution in [3.8, 4) is 10.6 Å². The summed E-state index contributed by atoms with van der Waals surface area (Å²) in [4.78, 5) is 16.8. The summed E-state index contributed by atoms with van der Waals surface area (Å²) in [6.45, 7) is 4.05. The van der Waals surface area contributed by atoms with Gasteiger partial charge in [-0.05, 0) is 18.9 Å². The van der Waals surface area contributed by atoms with Gasteiger partial charge in [0.15, 0.2) is 0 Å². The monoisotopic (exact) mass is 373 g/mol. The molecule has 1 fully saturated rings. The first-order valence-electron chi connectivity index (χ1n) is 7.26. The number of rotatable bonds is 3. The van der Waals surface area contributed by atoms with Crippen molar-refractivity contribution in [1.82, 2.24) is 15.6 Å². The maximum absolute atomic E-state index is 12.3. The summed E-state index contributed by atoms with van der Waals surface area (Å²) in [6, 6.07) is 10.1. The molecule has 0 saturated carbocycles. The lowest BCUT2D eigenvalue weighted by Gasteiger charge is -2.29. The normalized spacial score (nSPS) is 20.0. The van der Waals surface area contributed by atoms with Gasteiger partial charge in [0.1, 0.15) is 10.7 Å². The Balaban J connectivity index is 0.00000132. The van der Waals surface area contributed by atoms with Gasteiger partial charge in [-0.2, -0.15) is 0 Å². The molecule has 3 rings (SSSR count). The number of thiazole rings is 1. The fraction of sp³-hybridized carbons (Fsp3) is 0.375. The van der Waals surface area contributed by atoms with Crippen molar-refractivity contribution in [2.24, 2.45) is 5.92 Å². The molecule has 1 saturated heterocycles. The van der Waals surface area contributed by atoms with Gasteiger partial charge in [0.25, 0.3) is 5.91 Å². The maximum atomic E-state index is 12.3. The van der Waals surface area contributed by atoms with E-state index in [1.165, 1.54) is 11.3 Å². The molecule has 0 spiro atoms.